The highest BCUT2D eigenvalue weighted by atomic mass is 79.9. The van der Waals surface area contributed by atoms with Crippen LogP contribution in [0.1, 0.15) is 0 Å². The molecule has 0 radical (unpaired) electrons. The van der Waals surface area contributed by atoms with Crippen LogP contribution in [-0.4, -0.2) is 22.1 Å². The van der Waals surface area contributed by atoms with Crippen molar-refractivity contribution in [2.75, 3.05) is 4.72 Å². The van der Waals surface area contributed by atoms with Gasteiger partial charge in [0.2, 0.25) is 0 Å². The fourth-order valence-corrected chi connectivity index (χ4v) is 3.92. The number of rotatable bonds is 3. The standard InChI is InChI=1S/C11H7BrN4O2S2/c12-7-3-2-6-13-11(7)16-20(17,18)9-5-1-4-8-10(9)15-19-14-8/h1-6H,(H,13,16). The van der Waals surface area contributed by atoms with Gasteiger partial charge < -0.3 is 0 Å². The molecule has 3 aromatic rings. The minimum absolute atomic E-state index is 0.0845. The number of halogens is 1. The van der Waals surface area contributed by atoms with E-state index >= 15 is 0 Å². The number of fused-ring (bicyclic) bond motifs is 1. The summed E-state index contributed by atoms with van der Waals surface area (Å²) in [6, 6.07) is 8.24. The van der Waals surface area contributed by atoms with Crippen LogP contribution in [0.25, 0.3) is 11.0 Å². The van der Waals surface area contributed by atoms with Gasteiger partial charge in [-0.1, -0.05) is 6.07 Å². The van der Waals surface area contributed by atoms with Gasteiger partial charge in [-0.25, -0.2) is 13.4 Å². The van der Waals surface area contributed by atoms with E-state index in [-0.39, 0.29) is 10.7 Å². The number of nitrogens with zero attached hydrogens (tertiary/aromatic N) is 3. The minimum Gasteiger partial charge on any atom is -0.262 e. The summed E-state index contributed by atoms with van der Waals surface area (Å²) < 4.78 is 35.9. The number of hydrogen-bond donors (Lipinski definition) is 1. The van der Waals surface area contributed by atoms with Crippen LogP contribution in [0.15, 0.2) is 45.9 Å². The van der Waals surface area contributed by atoms with Gasteiger partial charge in [-0.15, -0.1) is 0 Å². The van der Waals surface area contributed by atoms with Crippen molar-refractivity contribution >= 4 is 54.5 Å². The third-order valence-corrected chi connectivity index (χ3v) is 5.08. The molecule has 1 aromatic carbocycles. The number of anilines is 1. The van der Waals surface area contributed by atoms with Gasteiger partial charge >= 0.3 is 0 Å². The molecule has 0 spiro atoms. The summed E-state index contributed by atoms with van der Waals surface area (Å²) in [5.74, 6) is 0.229. The topological polar surface area (TPSA) is 84.8 Å². The molecule has 0 atom stereocenters. The third kappa shape index (κ3) is 2.39. The van der Waals surface area contributed by atoms with Gasteiger partial charge in [0.25, 0.3) is 10.0 Å². The molecule has 0 fully saturated rings. The van der Waals surface area contributed by atoms with Crippen LogP contribution < -0.4 is 4.72 Å². The Morgan fingerprint density at radius 2 is 2.00 bits per heavy atom. The Kier molecular flexibility index (Phi) is 3.40. The summed E-state index contributed by atoms with van der Waals surface area (Å²) in [5, 5.41) is 0. The number of nitrogens with one attached hydrogen (secondary N) is 1. The first-order valence-electron chi connectivity index (χ1n) is 5.42. The lowest BCUT2D eigenvalue weighted by Gasteiger charge is -2.08. The maximum atomic E-state index is 12.4. The lowest BCUT2D eigenvalue weighted by atomic mass is 10.3. The van der Waals surface area contributed by atoms with E-state index in [9.17, 15) is 8.42 Å². The summed E-state index contributed by atoms with van der Waals surface area (Å²) in [4.78, 5) is 4.07. The molecule has 6 nitrogen and oxygen atoms in total. The molecule has 0 aliphatic rings. The van der Waals surface area contributed by atoms with Crippen LogP contribution in [-0.2, 0) is 10.0 Å². The predicted molar refractivity (Wildman–Crippen MR) is 80.2 cm³/mol. The second kappa shape index (κ2) is 5.08. The summed E-state index contributed by atoms with van der Waals surface area (Å²) in [7, 11) is -3.77. The molecule has 0 saturated carbocycles. The van der Waals surface area contributed by atoms with Crippen molar-refractivity contribution in [2.45, 2.75) is 4.90 Å². The highest BCUT2D eigenvalue weighted by molar-refractivity contribution is 9.10. The number of benzene rings is 1. The van der Waals surface area contributed by atoms with Crippen LogP contribution in [0.4, 0.5) is 5.82 Å². The molecule has 20 heavy (non-hydrogen) atoms. The molecule has 102 valence electrons. The Hall–Kier alpha value is -1.58. The average Bonchev–Trinajstić information content (AvgIpc) is 2.89. The molecule has 2 heterocycles. The second-order valence-corrected chi connectivity index (χ2v) is 6.86. The Morgan fingerprint density at radius 3 is 2.80 bits per heavy atom. The van der Waals surface area contributed by atoms with Gasteiger partial charge in [-0.05, 0) is 40.2 Å². The third-order valence-electron chi connectivity index (χ3n) is 2.53. The summed E-state index contributed by atoms with van der Waals surface area (Å²) in [5.41, 5.74) is 0.912. The Bertz CT molecular complexity index is 879. The van der Waals surface area contributed by atoms with Crippen LogP contribution >= 0.6 is 27.7 Å². The molecule has 0 aliphatic heterocycles. The molecule has 0 saturated heterocycles. The average molecular weight is 371 g/mol. The minimum atomic E-state index is -3.77. The smallest absolute Gasteiger partial charge is 0.262 e. The molecule has 9 heteroatoms. The molecule has 0 unspecified atom stereocenters. The van der Waals surface area contributed by atoms with Gasteiger partial charge in [0.05, 0.1) is 16.2 Å². The quantitative estimate of drug-likeness (QED) is 0.765. The van der Waals surface area contributed by atoms with Gasteiger partial charge in [0.1, 0.15) is 15.9 Å². The first kappa shape index (κ1) is 13.4. The zero-order valence-electron chi connectivity index (χ0n) is 9.82. The maximum Gasteiger partial charge on any atom is 0.265 e. The lowest BCUT2D eigenvalue weighted by Crippen LogP contribution is -2.14. The van der Waals surface area contributed by atoms with Gasteiger partial charge in [-0.3, -0.25) is 4.72 Å². The number of pyridine rings is 1. The lowest BCUT2D eigenvalue weighted by molar-refractivity contribution is 0.601. The van der Waals surface area contributed by atoms with E-state index in [1.165, 1.54) is 12.3 Å². The van der Waals surface area contributed by atoms with Crippen molar-refractivity contribution in [3.05, 3.63) is 41.0 Å². The highest BCUT2D eigenvalue weighted by Crippen LogP contribution is 2.25. The van der Waals surface area contributed by atoms with Crippen LogP contribution in [0.5, 0.6) is 0 Å². The highest BCUT2D eigenvalue weighted by Gasteiger charge is 2.20. The van der Waals surface area contributed by atoms with Crippen LogP contribution in [0.2, 0.25) is 0 Å². The van der Waals surface area contributed by atoms with Crippen molar-refractivity contribution in [3.63, 3.8) is 0 Å². The van der Waals surface area contributed by atoms with Crippen molar-refractivity contribution in [1.82, 2.24) is 13.7 Å². The normalized spacial score (nSPS) is 11.7. The van der Waals surface area contributed by atoms with Crippen molar-refractivity contribution < 1.29 is 8.42 Å². The SMILES string of the molecule is O=S(=O)(Nc1ncccc1Br)c1cccc2nsnc12. The summed E-state index contributed by atoms with van der Waals surface area (Å²) in [6.45, 7) is 0. The van der Waals surface area contributed by atoms with Gasteiger partial charge in [0, 0.05) is 6.20 Å². The molecular formula is C11H7BrN4O2S2. The predicted octanol–water partition coefficient (Wildman–Crippen LogP) is 2.65. The van der Waals surface area contributed by atoms with Crippen molar-refractivity contribution in [3.8, 4) is 0 Å². The monoisotopic (exact) mass is 370 g/mol. The van der Waals surface area contributed by atoms with E-state index in [1.54, 1.807) is 24.3 Å². The molecule has 0 aliphatic carbocycles. The number of aromatic nitrogens is 3. The summed E-state index contributed by atoms with van der Waals surface area (Å²) in [6.07, 6.45) is 1.51. The summed E-state index contributed by atoms with van der Waals surface area (Å²) >= 11 is 4.22. The molecule has 0 bridgehead atoms. The fourth-order valence-electron chi connectivity index (χ4n) is 1.64. The molecular weight excluding hydrogens is 364 g/mol. The molecule has 1 N–H and O–H groups in total. The van der Waals surface area contributed by atoms with E-state index in [0.29, 0.717) is 15.5 Å². The molecule has 3 rings (SSSR count). The van der Waals surface area contributed by atoms with E-state index in [0.717, 1.165) is 11.7 Å². The van der Waals surface area contributed by atoms with E-state index in [1.807, 2.05) is 0 Å². The number of hydrogen-bond acceptors (Lipinski definition) is 6. The van der Waals surface area contributed by atoms with Crippen molar-refractivity contribution in [1.29, 1.82) is 0 Å². The first-order valence-corrected chi connectivity index (χ1v) is 8.43. The first-order chi connectivity index (χ1) is 9.58. The fraction of sp³-hybridized carbons (Fsp3) is 0. The van der Waals surface area contributed by atoms with E-state index in [4.69, 9.17) is 0 Å². The maximum absolute atomic E-state index is 12.4. The largest absolute Gasteiger partial charge is 0.265 e. The van der Waals surface area contributed by atoms with Crippen LogP contribution in [0.3, 0.4) is 0 Å². The Labute approximate surface area is 127 Å². The molecule has 2 aromatic heterocycles. The zero-order chi connectivity index (χ0) is 14.2. The van der Waals surface area contributed by atoms with Gasteiger partial charge in [0.15, 0.2) is 5.82 Å². The second-order valence-electron chi connectivity index (χ2n) is 3.83. The Balaban J connectivity index is 2.09. The van der Waals surface area contributed by atoms with E-state index in [2.05, 4.69) is 34.4 Å². The molecule has 0 amide bonds. The van der Waals surface area contributed by atoms with Crippen LogP contribution in [0, 0.1) is 0 Å². The zero-order valence-corrected chi connectivity index (χ0v) is 13.0. The Morgan fingerprint density at radius 1 is 1.15 bits per heavy atom. The van der Waals surface area contributed by atoms with Gasteiger partial charge in [-0.2, -0.15) is 8.75 Å². The number of sulfonamides is 1. The van der Waals surface area contributed by atoms with Crippen molar-refractivity contribution in [2.24, 2.45) is 0 Å². The van der Waals surface area contributed by atoms with E-state index < -0.39 is 10.0 Å².